The van der Waals surface area contributed by atoms with E-state index in [0.29, 0.717) is 0 Å². The van der Waals surface area contributed by atoms with Crippen LogP contribution in [-0.2, 0) is 0 Å². The molecule has 0 aromatic carbocycles. The molecule has 194 valence electrons. The summed E-state index contributed by atoms with van der Waals surface area (Å²) < 4.78 is 0. The summed E-state index contributed by atoms with van der Waals surface area (Å²) in [6.07, 6.45) is 53.7. The molecule has 0 radical (unpaired) electrons. The third-order valence-corrected chi connectivity index (χ3v) is 8.41. The van der Waals surface area contributed by atoms with Gasteiger partial charge in [0, 0.05) is 63.8 Å². The molecule has 6 aliphatic rings. The van der Waals surface area contributed by atoms with Crippen LogP contribution in [0.1, 0.15) is 25.7 Å². The Labute approximate surface area is 228 Å². The fraction of sp³-hybridized carbons (Fsp3) is 0.294. The van der Waals surface area contributed by atoms with Crippen LogP contribution in [0.4, 0.5) is 0 Å². The minimum absolute atomic E-state index is 0.150. The number of allylic oxidation sites excluding steroid dienone is 12. The van der Waals surface area contributed by atoms with Gasteiger partial charge in [-0.25, -0.2) is 0 Å². The van der Waals surface area contributed by atoms with Crippen LogP contribution in [0.25, 0.3) is 0 Å². The molecule has 38 heavy (non-hydrogen) atoms. The van der Waals surface area contributed by atoms with Gasteiger partial charge in [0.2, 0.25) is 0 Å². The van der Waals surface area contributed by atoms with E-state index in [-0.39, 0.29) is 11.3 Å². The normalized spacial score (nSPS) is 24.4. The van der Waals surface area contributed by atoms with Gasteiger partial charge in [-0.05, 0) is 49.3 Å². The van der Waals surface area contributed by atoms with Crippen LogP contribution in [0.5, 0.6) is 0 Å². The number of hydrogen-bond acceptors (Lipinski definition) is 4. The number of nitrogens with zero attached hydrogens (tertiary/aromatic N) is 4. The Hall–Kier alpha value is -3.92. The lowest BCUT2D eigenvalue weighted by Crippen LogP contribution is -2.56. The first-order valence-corrected chi connectivity index (χ1v) is 14.0. The quantitative estimate of drug-likeness (QED) is 0.395. The van der Waals surface area contributed by atoms with Crippen molar-refractivity contribution in [2.75, 3.05) is 26.2 Å². The van der Waals surface area contributed by atoms with Crippen molar-refractivity contribution in [2.24, 2.45) is 0 Å². The average molecular weight is 503 g/mol. The molecular weight excluding hydrogens is 464 g/mol. The number of rotatable bonds is 7. The van der Waals surface area contributed by atoms with Gasteiger partial charge in [0.25, 0.3) is 0 Å². The van der Waals surface area contributed by atoms with Gasteiger partial charge in [-0.3, -0.25) is 0 Å². The molecule has 0 aromatic rings. The molecule has 4 nitrogen and oxygen atoms in total. The van der Waals surface area contributed by atoms with E-state index < -0.39 is 0 Å². The molecular formula is C34H38N4. The van der Waals surface area contributed by atoms with E-state index in [1.807, 2.05) is 0 Å². The average Bonchev–Trinajstić information content (AvgIpc) is 3.02. The van der Waals surface area contributed by atoms with Crippen molar-refractivity contribution in [3.05, 3.63) is 145 Å². The van der Waals surface area contributed by atoms with Gasteiger partial charge in [0.05, 0.1) is 0 Å². The Balaban J connectivity index is 1.12. The van der Waals surface area contributed by atoms with Crippen molar-refractivity contribution >= 4 is 0 Å². The van der Waals surface area contributed by atoms with Crippen LogP contribution in [0.2, 0.25) is 0 Å². The summed E-state index contributed by atoms with van der Waals surface area (Å²) in [5.41, 5.74) is 2.58. The first kappa shape index (κ1) is 24.4. The van der Waals surface area contributed by atoms with E-state index in [0.717, 1.165) is 51.9 Å². The Morgan fingerprint density at radius 1 is 0.474 bits per heavy atom. The molecule has 0 saturated heterocycles. The molecule has 0 bridgehead atoms. The summed E-state index contributed by atoms with van der Waals surface area (Å²) in [4.78, 5) is 9.84. The third-order valence-electron chi connectivity index (χ3n) is 8.41. The summed E-state index contributed by atoms with van der Waals surface area (Å²) in [6.45, 7) is 3.73. The Morgan fingerprint density at radius 2 is 0.816 bits per heavy atom. The monoisotopic (exact) mass is 502 g/mol. The molecule has 0 unspecified atom stereocenters. The van der Waals surface area contributed by atoms with Crippen molar-refractivity contribution in [1.82, 2.24) is 19.6 Å². The van der Waals surface area contributed by atoms with Gasteiger partial charge in [-0.15, -0.1) is 0 Å². The van der Waals surface area contributed by atoms with E-state index in [9.17, 15) is 0 Å². The Morgan fingerprint density at radius 3 is 1.05 bits per heavy atom. The molecule has 0 amide bonds. The van der Waals surface area contributed by atoms with Crippen LogP contribution in [0.15, 0.2) is 145 Å². The minimum atomic E-state index is -0.150. The lowest BCUT2D eigenvalue weighted by atomic mass is 9.88. The van der Waals surface area contributed by atoms with Gasteiger partial charge in [-0.2, -0.15) is 0 Å². The highest BCUT2D eigenvalue weighted by Crippen LogP contribution is 2.37. The minimum Gasteiger partial charge on any atom is -0.348 e. The Bertz CT molecular complexity index is 1100. The zero-order valence-corrected chi connectivity index (χ0v) is 22.1. The molecule has 4 heteroatoms. The van der Waals surface area contributed by atoms with Gasteiger partial charge in [0.15, 0.2) is 0 Å². The molecule has 4 heterocycles. The first-order valence-electron chi connectivity index (χ1n) is 14.0. The zero-order chi connectivity index (χ0) is 25.7. The highest BCUT2D eigenvalue weighted by Gasteiger charge is 2.39. The predicted octanol–water partition coefficient (Wildman–Crippen LogP) is 6.47. The molecule has 0 spiro atoms. The van der Waals surface area contributed by atoms with Crippen LogP contribution in [0.3, 0.4) is 0 Å². The molecule has 0 fully saturated rings. The standard InChI is InChI=1S/C34H38N4/c1-5-23-35(24-6-1)33(36-25-7-2-8-26-36)19-15-31(16-20-33)13-14-32-17-21-34(22-18-32,37-27-9-3-10-28-37)38-29-11-4-12-30-38/h1-12,15-19,21,23,25,27,29H,13-14,20,22,24,26,28,30H2. The van der Waals surface area contributed by atoms with E-state index in [2.05, 4.69) is 154 Å². The topological polar surface area (TPSA) is 13.0 Å². The highest BCUT2D eigenvalue weighted by molar-refractivity contribution is 5.36. The van der Waals surface area contributed by atoms with Crippen molar-refractivity contribution in [2.45, 2.75) is 37.0 Å². The van der Waals surface area contributed by atoms with Gasteiger partial charge in [-0.1, -0.05) is 84.1 Å². The number of hydrogen-bond donors (Lipinski definition) is 0. The van der Waals surface area contributed by atoms with Gasteiger partial charge < -0.3 is 19.6 Å². The molecule has 0 aromatic heterocycles. The predicted molar refractivity (Wildman–Crippen MR) is 158 cm³/mol. The highest BCUT2D eigenvalue weighted by atomic mass is 15.4. The first-order chi connectivity index (χ1) is 18.8. The van der Waals surface area contributed by atoms with E-state index >= 15 is 0 Å². The lowest BCUT2D eigenvalue weighted by molar-refractivity contribution is 0.0599. The third kappa shape index (κ3) is 4.71. The second-order valence-corrected chi connectivity index (χ2v) is 10.6. The van der Waals surface area contributed by atoms with Crippen molar-refractivity contribution in [3.63, 3.8) is 0 Å². The van der Waals surface area contributed by atoms with Gasteiger partial charge >= 0.3 is 0 Å². The van der Waals surface area contributed by atoms with Crippen LogP contribution in [-0.4, -0.2) is 57.1 Å². The molecule has 4 aliphatic heterocycles. The van der Waals surface area contributed by atoms with Crippen LogP contribution in [0, 0.1) is 0 Å². The van der Waals surface area contributed by atoms with E-state index in [1.165, 1.54) is 11.1 Å². The maximum atomic E-state index is 2.46. The summed E-state index contributed by atoms with van der Waals surface area (Å²) in [6, 6.07) is 0. The summed E-state index contributed by atoms with van der Waals surface area (Å²) in [5.74, 6) is 0. The van der Waals surface area contributed by atoms with Crippen LogP contribution >= 0.6 is 0 Å². The summed E-state index contributed by atoms with van der Waals surface area (Å²) >= 11 is 0. The van der Waals surface area contributed by atoms with Crippen molar-refractivity contribution < 1.29 is 0 Å². The molecule has 0 saturated carbocycles. The maximum Gasteiger partial charge on any atom is 0.136 e. The molecule has 0 N–H and O–H groups in total. The molecule has 2 aliphatic carbocycles. The fourth-order valence-electron chi connectivity index (χ4n) is 6.18. The van der Waals surface area contributed by atoms with Crippen LogP contribution < -0.4 is 0 Å². The second-order valence-electron chi connectivity index (χ2n) is 10.6. The summed E-state index contributed by atoms with van der Waals surface area (Å²) in [5, 5.41) is 0. The SMILES string of the molecule is C1=CCN(C2(N3C=CC=CC3)C=CC(CCC3=CCC(N4C=CC=CC4)(N4C=CC=CC4)C=C3)=CC2)C=C1. The largest absolute Gasteiger partial charge is 0.348 e. The van der Waals surface area contributed by atoms with Crippen molar-refractivity contribution in [3.8, 4) is 0 Å². The second kappa shape index (κ2) is 10.8. The lowest BCUT2D eigenvalue weighted by Gasteiger charge is -2.50. The van der Waals surface area contributed by atoms with Gasteiger partial charge in [0.1, 0.15) is 11.3 Å². The summed E-state index contributed by atoms with van der Waals surface area (Å²) in [7, 11) is 0. The maximum absolute atomic E-state index is 2.46. The Kier molecular flexibility index (Phi) is 6.96. The van der Waals surface area contributed by atoms with E-state index in [4.69, 9.17) is 0 Å². The smallest absolute Gasteiger partial charge is 0.136 e. The van der Waals surface area contributed by atoms with Crippen molar-refractivity contribution in [1.29, 1.82) is 0 Å². The fourth-order valence-corrected chi connectivity index (χ4v) is 6.18. The zero-order valence-electron chi connectivity index (χ0n) is 22.1. The molecule has 6 rings (SSSR count). The van der Waals surface area contributed by atoms with E-state index in [1.54, 1.807) is 0 Å². The molecule has 0 atom stereocenters.